The molecule has 0 unspecified atom stereocenters. The fourth-order valence-electron chi connectivity index (χ4n) is 5.28. The van der Waals surface area contributed by atoms with Crippen LogP contribution >= 0.6 is 0 Å². The topological polar surface area (TPSA) is 61.3 Å². The molecule has 0 spiro atoms. The Morgan fingerprint density at radius 1 is 0.868 bits per heavy atom. The molecule has 5 rings (SSSR count). The molecule has 38 heavy (non-hydrogen) atoms. The van der Waals surface area contributed by atoms with Crippen molar-refractivity contribution in [2.75, 3.05) is 47.9 Å². The van der Waals surface area contributed by atoms with E-state index < -0.39 is 11.7 Å². The van der Waals surface area contributed by atoms with Crippen LogP contribution in [-0.4, -0.2) is 59.2 Å². The van der Waals surface area contributed by atoms with Crippen LogP contribution in [0.4, 0.5) is 30.9 Å². The van der Waals surface area contributed by atoms with Gasteiger partial charge in [0.1, 0.15) is 5.82 Å². The van der Waals surface area contributed by atoms with Crippen molar-refractivity contribution < 1.29 is 13.2 Å². The molecule has 0 atom stereocenters. The minimum atomic E-state index is -4.45. The Morgan fingerprint density at radius 2 is 1.58 bits per heavy atom. The molecule has 202 valence electrons. The van der Waals surface area contributed by atoms with Crippen molar-refractivity contribution in [3.63, 3.8) is 0 Å². The summed E-state index contributed by atoms with van der Waals surface area (Å²) in [5.74, 6) is 1.79. The third kappa shape index (κ3) is 5.54. The van der Waals surface area contributed by atoms with E-state index in [-0.39, 0.29) is 5.82 Å². The molecule has 7 nitrogen and oxygen atoms in total. The molecule has 2 fully saturated rings. The normalized spacial score (nSPS) is 17.1. The molecule has 2 aromatic heterocycles. The second kappa shape index (κ2) is 10.7. The van der Waals surface area contributed by atoms with Gasteiger partial charge in [0.15, 0.2) is 5.82 Å². The summed E-state index contributed by atoms with van der Waals surface area (Å²) >= 11 is 0. The average molecular weight is 526 g/mol. The van der Waals surface area contributed by atoms with E-state index in [1.165, 1.54) is 37.1 Å². The lowest BCUT2D eigenvalue weighted by atomic mass is 9.95. The fraction of sp³-hybridized carbons (Fsp3) is 0.500. The molecule has 1 saturated heterocycles. The van der Waals surface area contributed by atoms with Crippen LogP contribution in [0.15, 0.2) is 36.5 Å². The quantitative estimate of drug-likeness (QED) is 0.426. The summed E-state index contributed by atoms with van der Waals surface area (Å²) in [4.78, 5) is 24.6. The number of hydrogen-bond donors (Lipinski definition) is 0. The highest BCUT2D eigenvalue weighted by molar-refractivity contribution is 5.61. The van der Waals surface area contributed by atoms with E-state index in [1.54, 1.807) is 4.90 Å². The molecular weight excluding hydrogens is 491 g/mol. The minimum absolute atomic E-state index is 0.0242. The number of aryl methyl sites for hydroxylation is 2. The first-order valence-electron chi connectivity index (χ1n) is 13.3. The van der Waals surface area contributed by atoms with Crippen molar-refractivity contribution in [1.29, 1.82) is 0 Å². The van der Waals surface area contributed by atoms with E-state index in [0.717, 1.165) is 30.0 Å². The Kier molecular flexibility index (Phi) is 7.40. The number of aromatic nitrogens is 4. The monoisotopic (exact) mass is 525 g/mol. The van der Waals surface area contributed by atoms with E-state index >= 15 is 0 Å². The number of alkyl halides is 3. The Labute approximate surface area is 221 Å². The van der Waals surface area contributed by atoms with Crippen LogP contribution < -0.4 is 14.7 Å². The van der Waals surface area contributed by atoms with Gasteiger partial charge in [-0.2, -0.15) is 28.1 Å². The molecular formula is C28H34F3N7. The summed E-state index contributed by atoms with van der Waals surface area (Å²) in [6, 6.07) is 8.99. The van der Waals surface area contributed by atoms with Crippen molar-refractivity contribution in [1.82, 2.24) is 19.9 Å². The molecule has 0 radical (unpaired) electrons. The van der Waals surface area contributed by atoms with Crippen LogP contribution in [0, 0.1) is 13.8 Å². The second-order valence-corrected chi connectivity index (χ2v) is 10.3. The van der Waals surface area contributed by atoms with Crippen molar-refractivity contribution in [2.24, 2.45) is 0 Å². The maximum atomic E-state index is 13.6. The van der Waals surface area contributed by atoms with Gasteiger partial charge >= 0.3 is 6.18 Å². The summed E-state index contributed by atoms with van der Waals surface area (Å²) in [6.07, 6.45) is 2.85. The number of benzene rings is 1. The first-order valence-corrected chi connectivity index (χ1v) is 13.3. The molecule has 0 N–H and O–H groups in total. The van der Waals surface area contributed by atoms with Crippen molar-refractivity contribution >= 4 is 17.7 Å². The maximum Gasteiger partial charge on any atom is 0.419 e. The van der Waals surface area contributed by atoms with Crippen LogP contribution in [0.25, 0.3) is 11.4 Å². The summed E-state index contributed by atoms with van der Waals surface area (Å²) in [6.45, 7) is 5.89. The molecule has 3 heterocycles. The van der Waals surface area contributed by atoms with Crippen LogP contribution in [0.2, 0.25) is 0 Å². The largest absolute Gasteiger partial charge is 0.419 e. The Balaban J connectivity index is 1.43. The minimum Gasteiger partial charge on any atom is -0.353 e. The van der Waals surface area contributed by atoms with Gasteiger partial charge in [0.05, 0.1) is 5.56 Å². The van der Waals surface area contributed by atoms with Gasteiger partial charge in [0.25, 0.3) is 0 Å². The van der Waals surface area contributed by atoms with Gasteiger partial charge in [-0.05, 0) is 56.0 Å². The zero-order valence-electron chi connectivity index (χ0n) is 22.2. The van der Waals surface area contributed by atoms with Gasteiger partial charge in [-0.15, -0.1) is 0 Å². The van der Waals surface area contributed by atoms with E-state index in [4.69, 9.17) is 15.0 Å². The van der Waals surface area contributed by atoms with Gasteiger partial charge in [-0.3, -0.25) is 0 Å². The molecule has 1 saturated carbocycles. The lowest BCUT2D eigenvalue weighted by Gasteiger charge is -2.37. The molecule has 3 aromatic rings. The third-order valence-electron chi connectivity index (χ3n) is 7.77. The molecule has 2 aliphatic rings. The summed E-state index contributed by atoms with van der Waals surface area (Å²) in [7, 11) is 2.05. The van der Waals surface area contributed by atoms with E-state index in [9.17, 15) is 13.2 Å². The third-order valence-corrected chi connectivity index (χ3v) is 7.77. The Morgan fingerprint density at radius 3 is 2.26 bits per heavy atom. The average Bonchev–Trinajstić information content (AvgIpc) is 2.94. The number of halogens is 3. The van der Waals surface area contributed by atoms with Gasteiger partial charge in [0.2, 0.25) is 11.9 Å². The molecule has 10 heteroatoms. The van der Waals surface area contributed by atoms with Crippen molar-refractivity contribution in [3.05, 3.63) is 53.2 Å². The molecule has 0 amide bonds. The summed E-state index contributed by atoms with van der Waals surface area (Å²) in [5.41, 5.74) is 2.58. The van der Waals surface area contributed by atoms with Gasteiger partial charge in [0, 0.05) is 51.0 Å². The smallest absolute Gasteiger partial charge is 0.353 e. The second-order valence-electron chi connectivity index (χ2n) is 10.3. The van der Waals surface area contributed by atoms with Gasteiger partial charge < -0.3 is 14.7 Å². The van der Waals surface area contributed by atoms with Crippen LogP contribution in [0.1, 0.15) is 48.8 Å². The predicted octanol–water partition coefficient (Wildman–Crippen LogP) is 5.66. The highest BCUT2D eigenvalue weighted by atomic mass is 19.4. The summed E-state index contributed by atoms with van der Waals surface area (Å²) in [5, 5.41) is 0. The highest BCUT2D eigenvalue weighted by Gasteiger charge is 2.36. The Bertz CT molecular complexity index is 1270. The lowest BCUT2D eigenvalue weighted by molar-refractivity contribution is -0.137. The Hall–Kier alpha value is -3.43. The van der Waals surface area contributed by atoms with Crippen molar-refractivity contribution in [3.8, 4) is 11.4 Å². The van der Waals surface area contributed by atoms with Gasteiger partial charge in [-0.25, -0.2) is 4.98 Å². The molecule has 1 aliphatic carbocycles. The maximum absolute atomic E-state index is 13.6. The van der Waals surface area contributed by atoms with Gasteiger partial charge in [-0.1, -0.05) is 31.4 Å². The fourth-order valence-corrected chi connectivity index (χ4v) is 5.28. The zero-order chi connectivity index (χ0) is 26.9. The standard InChI is InChI=1S/C28H34F3N7/c1-19-11-12-21(18-20(19)2)24-33-26(36(3)22-8-5-4-6-9-22)35-27(34-24)38-16-14-37(15-17-38)25-23(28(29,30)31)10-7-13-32-25/h7,10-13,18,22H,4-6,8-9,14-17H2,1-3H3. The number of piperazine rings is 1. The van der Waals surface area contributed by atoms with E-state index in [0.29, 0.717) is 49.9 Å². The predicted molar refractivity (Wildman–Crippen MR) is 144 cm³/mol. The number of rotatable bonds is 5. The van der Waals surface area contributed by atoms with Crippen LogP contribution in [0.3, 0.4) is 0 Å². The first-order chi connectivity index (χ1) is 18.2. The molecule has 1 aliphatic heterocycles. The molecule has 1 aromatic carbocycles. The number of anilines is 3. The summed E-state index contributed by atoms with van der Waals surface area (Å²) < 4.78 is 40.7. The molecule has 0 bridgehead atoms. The van der Waals surface area contributed by atoms with E-state index in [2.05, 4.69) is 42.9 Å². The first kappa shape index (κ1) is 26.2. The van der Waals surface area contributed by atoms with Crippen LogP contribution in [-0.2, 0) is 6.18 Å². The number of nitrogens with zero attached hydrogens (tertiary/aromatic N) is 7. The van der Waals surface area contributed by atoms with Crippen molar-refractivity contribution in [2.45, 2.75) is 58.2 Å². The number of hydrogen-bond acceptors (Lipinski definition) is 7. The van der Waals surface area contributed by atoms with Crippen LogP contribution in [0.5, 0.6) is 0 Å². The highest BCUT2D eigenvalue weighted by Crippen LogP contribution is 2.36. The SMILES string of the molecule is Cc1ccc(-c2nc(N3CCN(c4ncccc4C(F)(F)F)CC3)nc(N(C)C3CCCCC3)n2)cc1C. The zero-order valence-corrected chi connectivity index (χ0v) is 22.2. The number of pyridine rings is 1. The lowest BCUT2D eigenvalue weighted by Crippen LogP contribution is -2.48. The van der Waals surface area contributed by atoms with E-state index in [1.807, 2.05) is 11.0 Å².